The van der Waals surface area contributed by atoms with E-state index >= 15 is 0 Å². The van der Waals surface area contributed by atoms with E-state index in [4.69, 9.17) is 11.2 Å². The predicted molar refractivity (Wildman–Crippen MR) is 87.5 cm³/mol. The largest absolute Gasteiger partial charge is 0.462 e. The number of hydrogen-bond acceptors (Lipinski definition) is 5. The summed E-state index contributed by atoms with van der Waals surface area (Å²) < 4.78 is 6.54. The molecular weight excluding hydrogens is 300 g/mol. The molecule has 0 radical (unpaired) electrons. The van der Waals surface area contributed by atoms with E-state index in [0.29, 0.717) is 33.1 Å². The van der Waals surface area contributed by atoms with Crippen molar-refractivity contribution in [3.8, 4) is 12.3 Å². The number of aryl methyl sites for hydroxylation is 1. The van der Waals surface area contributed by atoms with E-state index in [9.17, 15) is 9.59 Å². The van der Waals surface area contributed by atoms with E-state index in [1.54, 1.807) is 13.8 Å². The van der Waals surface area contributed by atoms with E-state index in [2.05, 4.69) is 10.9 Å². The fourth-order valence-corrected chi connectivity index (χ4v) is 3.38. The smallest absolute Gasteiger partial charge is 0.348 e. The molecule has 2 heterocycles. The highest BCUT2D eigenvalue weighted by atomic mass is 32.1. The van der Waals surface area contributed by atoms with Gasteiger partial charge in [0.25, 0.3) is 5.56 Å². The first-order valence-electron chi connectivity index (χ1n) is 7.06. The van der Waals surface area contributed by atoms with E-state index in [1.165, 1.54) is 15.9 Å². The normalized spacial score (nSPS) is 10.9. The van der Waals surface area contributed by atoms with Crippen molar-refractivity contribution in [3.63, 3.8) is 0 Å². The molecule has 116 valence electrons. The van der Waals surface area contributed by atoms with Crippen LogP contribution in [0.1, 0.15) is 47.7 Å². The Hall–Kier alpha value is -2.13. The molecule has 0 aromatic carbocycles. The van der Waals surface area contributed by atoms with Crippen LogP contribution in [0.2, 0.25) is 0 Å². The minimum atomic E-state index is -0.419. The fourth-order valence-electron chi connectivity index (χ4n) is 2.31. The van der Waals surface area contributed by atoms with Gasteiger partial charge in [-0.05, 0) is 19.4 Å². The highest BCUT2D eigenvalue weighted by Crippen LogP contribution is 2.29. The third kappa shape index (κ3) is 2.64. The van der Waals surface area contributed by atoms with Gasteiger partial charge in [-0.25, -0.2) is 9.78 Å². The number of fused-ring (bicyclic) bond motifs is 1. The Bertz CT molecular complexity index is 824. The Labute approximate surface area is 132 Å². The van der Waals surface area contributed by atoms with Gasteiger partial charge in [0.15, 0.2) is 0 Å². The van der Waals surface area contributed by atoms with Crippen molar-refractivity contribution in [3.05, 3.63) is 26.6 Å². The Kier molecular flexibility index (Phi) is 4.67. The maximum absolute atomic E-state index is 12.7. The monoisotopic (exact) mass is 318 g/mol. The molecule has 0 saturated carbocycles. The van der Waals surface area contributed by atoms with Crippen LogP contribution < -0.4 is 5.56 Å². The van der Waals surface area contributed by atoms with Crippen molar-refractivity contribution >= 4 is 27.5 Å². The second kappa shape index (κ2) is 6.32. The van der Waals surface area contributed by atoms with E-state index in [0.717, 1.165) is 0 Å². The maximum atomic E-state index is 12.7. The summed E-state index contributed by atoms with van der Waals surface area (Å²) in [4.78, 5) is 30.3. The van der Waals surface area contributed by atoms with Gasteiger partial charge in [-0.2, -0.15) is 0 Å². The lowest BCUT2D eigenvalue weighted by Gasteiger charge is -2.12. The minimum absolute atomic E-state index is 0.0545. The summed E-state index contributed by atoms with van der Waals surface area (Å²) >= 11 is 1.19. The molecule has 0 amide bonds. The van der Waals surface area contributed by atoms with Gasteiger partial charge in [-0.15, -0.1) is 17.8 Å². The maximum Gasteiger partial charge on any atom is 0.348 e. The van der Waals surface area contributed by atoms with Crippen LogP contribution in [-0.4, -0.2) is 22.1 Å². The lowest BCUT2D eigenvalue weighted by Crippen LogP contribution is -2.25. The summed E-state index contributed by atoms with van der Waals surface area (Å²) in [7, 11) is 0. The summed E-state index contributed by atoms with van der Waals surface area (Å²) in [5.74, 6) is 2.76. The Morgan fingerprint density at radius 2 is 2.18 bits per heavy atom. The molecule has 2 rings (SSSR count). The number of esters is 1. The molecule has 0 N–H and O–H groups in total. The lowest BCUT2D eigenvalue weighted by atomic mass is 10.1. The number of thiophene rings is 1. The first-order valence-corrected chi connectivity index (χ1v) is 7.88. The van der Waals surface area contributed by atoms with Crippen LogP contribution in [0.3, 0.4) is 0 Å². The lowest BCUT2D eigenvalue weighted by molar-refractivity contribution is 0.0531. The van der Waals surface area contributed by atoms with Crippen molar-refractivity contribution in [2.75, 3.05) is 6.61 Å². The number of aromatic nitrogens is 2. The molecule has 0 bridgehead atoms. The van der Waals surface area contributed by atoms with E-state index in [1.807, 2.05) is 13.8 Å². The number of carbonyl (C=O) groups excluding carboxylic acids is 1. The molecule has 2 aromatic heterocycles. The molecule has 0 aliphatic heterocycles. The van der Waals surface area contributed by atoms with Crippen molar-refractivity contribution in [1.82, 2.24) is 9.55 Å². The van der Waals surface area contributed by atoms with Crippen molar-refractivity contribution in [1.29, 1.82) is 0 Å². The molecule has 0 saturated heterocycles. The van der Waals surface area contributed by atoms with Crippen molar-refractivity contribution in [2.24, 2.45) is 0 Å². The zero-order valence-electron chi connectivity index (χ0n) is 13.1. The van der Waals surface area contributed by atoms with Crippen molar-refractivity contribution < 1.29 is 9.53 Å². The van der Waals surface area contributed by atoms with Crippen molar-refractivity contribution in [2.45, 2.75) is 40.2 Å². The Morgan fingerprint density at radius 1 is 1.50 bits per heavy atom. The predicted octanol–water partition coefficient (Wildman–Crippen LogP) is 2.70. The molecule has 0 spiro atoms. The van der Waals surface area contributed by atoms with Gasteiger partial charge in [0.2, 0.25) is 0 Å². The highest BCUT2D eigenvalue weighted by molar-refractivity contribution is 7.20. The van der Waals surface area contributed by atoms with Crippen LogP contribution >= 0.6 is 11.3 Å². The van der Waals surface area contributed by atoms with Gasteiger partial charge >= 0.3 is 5.97 Å². The topological polar surface area (TPSA) is 61.2 Å². The molecule has 6 heteroatoms. The zero-order valence-corrected chi connectivity index (χ0v) is 13.9. The minimum Gasteiger partial charge on any atom is -0.462 e. The SMILES string of the molecule is C#CCn1c(C(C)C)nc2sc(C(=O)OCC)c(C)c2c1=O. The molecule has 0 atom stereocenters. The van der Waals surface area contributed by atoms with E-state index in [-0.39, 0.29) is 18.0 Å². The van der Waals surface area contributed by atoms with Crippen LogP contribution in [0.25, 0.3) is 10.2 Å². The second-order valence-electron chi connectivity index (χ2n) is 5.18. The van der Waals surface area contributed by atoms with Crippen LogP contribution in [0.15, 0.2) is 4.79 Å². The molecular formula is C16H18N2O3S. The average molecular weight is 318 g/mol. The average Bonchev–Trinajstić information content (AvgIpc) is 2.79. The summed E-state index contributed by atoms with van der Waals surface area (Å²) in [5, 5.41) is 0.452. The van der Waals surface area contributed by atoms with Gasteiger partial charge in [0.1, 0.15) is 15.5 Å². The summed E-state index contributed by atoms with van der Waals surface area (Å²) in [6.07, 6.45) is 5.36. The van der Waals surface area contributed by atoms with Gasteiger partial charge < -0.3 is 4.74 Å². The number of terminal acetylenes is 1. The number of carbonyl (C=O) groups is 1. The molecule has 0 aliphatic carbocycles. The molecule has 5 nitrogen and oxygen atoms in total. The third-order valence-corrected chi connectivity index (χ3v) is 4.47. The molecule has 0 aliphatic rings. The summed E-state index contributed by atoms with van der Waals surface area (Å²) in [6.45, 7) is 7.84. The second-order valence-corrected chi connectivity index (χ2v) is 6.18. The molecule has 22 heavy (non-hydrogen) atoms. The molecule has 0 fully saturated rings. The fraction of sp³-hybridized carbons (Fsp3) is 0.438. The molecule has 0 unspecified atom stereocenters. The standard InChI is InChI=1S/C16H18N2O3S/c1-6-8-18-13(9(3)4)17-14-11(15(18)19)10(5)12(22-14)16(20)21-7-2/h1,9H,7-8H2,2-5H3. The summed E-state index contributed by atoms with van der Waals surface area (Å²) in [6, 6.07) is 0. The van der Waals surface area contributed by atoms with Crippen LogP contribution in [0.4, 0.5) is 0 Å². The Morgan fingerprint density at radius 3 is 2.73 bits per heavy atom. The van der Waals surface area contributed by atoms with Crippen LogP contribution in [0, 0.1) is 19.3 Å². The molecule has 2 aromatic rings. The van der Waals surface area contributed by atoms with Crippen LogP contribution in [0.5, 0.6) is 0 Å². The third-order valence-electron chi connectivity index (χ3n) is 3.31. The first-order chi connectivity index (χ1) is 10.4. The van der Waals surface area contributed by atoms with E-state index < -0.39 is 5.97 Å². The van der Waals surface area contributed by atoms with Gasteiger partial charge in [-0.3, -0.25) is 9.36 Å². The van der Waals surface area contributed by atoms with Gasteiger partial charge in [-0.1, -0.05) is 19.8 Å². The summed E-state index contributed by atoms with van der Waals surface area (Å²) in [5.41, 5.74) is 0.410. The number of ether oxygens (including phenoxy) is 1. The number of nitrogens with zero attached hydrogens (tertiary/aromatic N) is 2. The Balaban J connectivity index is 2.79. The zero-order chi connectivity index (χ0) is 16.4. The quantitative estimate of drug-likeness (QED) is 0.642. The number of rotatable bonds is 4. The van der Waals surface area contributed by atoms with Gasteiger partial charge in [0.05, 0.1) is 18.5 Å². The van der Waals surface area contributed by atoms with Crippen LogP contribution in [-0.2, 0) is 11.3 Å². The highest BCUT2D eigenvalue weighted by Gasteiger charge is 2.22. The number of hydrogen-bond donors (Lipinski definition) is 0. The van der Waals surface area contributed by atoms with Gasteiger partial charge in [0, 0.05) is 5.92 Å². The first kappa shape index (κ1) is 16.2.